The van der Waals surface area contributed by atoms with Crippen molar-refractivity contribution < 1.29 is 56.4 Å². The van der Waals surface area contributed by atoms with Gasteiger partial charge in [0.25, 0.3) is 0 Å². The van der Waals surface area contributed by atoms with Crippen LogP contribution in [0.4, 0.5) is 13.2 Å². The summed E-state index contributed by atoms with van der Waals surface area (Å²) in [5.41, 5.74) is -5.34. The maximum atomic E-state index is 14.0. The molecule has 10 atom stereocenters. The van der Waals surface area contributed by atoms with E-state index in [1.807, 2.05) is 34.6 Å². The topological polar surface area (TPSA) is 125 Å². The maximum absolute atomic E-state index is 14.0. The molecule has 1 saturated heterocycles. The van der Waals surface area contributed by atoms with Crippen LogP contribution in [0, 0.1) is 57.7 Å². The number of carbonyl (C=O) groups is 4. The lowest BCUT2D eigenvalue weighted by Gasteiger charge is -2.39. The van der Waals surface area contributed by atoms with Crippen LogP contribution in [0.3, 0.4) is 0 Å². The van der Waals surface area contributed by atoms with Crippen LogP contribution >= 0.6 is 0 Å². The van der Waals surface area contributed by atoms with E-state index in [0.29, 0.717) is 49.9 Å². The zero-order valence-corrected chi connectivity index (χ0v) is 35.5. The van der Waals surface area contributed by atoms with Crippen LogP contribution < -0.4 is 0 Å². The molecule has 6 aliphatic carbocycles. The Balaban J connectivity index is 0.000000305. The molecule has 12 heteroatoms. The second kappa shape index (κ2) is 16.2. The number of hydrogen-bond donors (Lipinski definition) is 1. The lowest BCUT2D eigenvalue weighted by molar-refractivity contribution is -0.259. The third-order valence-corrected chi connectivity index (χ3v) is 16.0. The number of aliphatic hydroxyl groups is 1. The molecule has 57 heavy (non-hydrogen) atoms. The van der Waals surface area contributed by atoms with E-state index in [4.69, 9.17) is 18.9 Å². The molecule has 0 spiro atoms. The average molecular weight is 811 g/mol. The predicted octanol–water partition coefficient (Wildman–Crippen LogP) is 9.44. The van der Waals surface area contributed by atoms with Gasteiger partial charge in [0.2, 0.25) is 0 Å². The summed E-state index contributed by atoms with van der Waals surface area (Å²) < 4.78 is 60.8. The largest absolute Gasteiger partial charge is 0.469 e. The fourth-order valence-corrected chi connectivity index (χ4v) is 11.9. The number of fused-ring (bicyclic) bond motifs is 3. The normalized spacial score (nSPS) is 33.6. The number of halogens is 3. The highest BCUT2D eigenvalue weighted by molar-refractivity contribution is 5.80. The monoisotopic (exact) mass is 810 g/mol. The lowest BCUT2D eigenvalue weighted by atomic mass is 9.72. The first-order valence-corrected chi connectivity index (χ1v) is 22.0. The molecule has 7 rings (SSSR count). The SMILES string of the molecule is CC(O)(CC1CC2CCC1C2)C(F)(F)F.COC(=O)C(C)(C)CCC(C)(CCC(C)(C)C(=O)OC1(C2CCCC2)CCCC1)C(=O)OC1C2CC3C(=O)OC1C3C2. The molecule has 0 radical (unpaired) electrons. The lowest BCUT2D eigenvalue weighted by Crippen LogP contribution is -2.44. The number of rotatable bonds is 14. The molecular formula is C45H69F3O9. The smallest absolute Gasteiger partial charge is 0.416 e. The fourth-order valence-electron chi connectivity index (χ4n) is 11.9. The molecule has 1 heterocycles. The van der Waals surface area contributed by atoms with Crippen LogP contribution in [0.15, 0.2) is 0 Å². The van der Waals surface area contributed by atoms with E-state index in [9.17, 15) is 37.5 Å². The van der Waals surface area contributed by atoms with Crippen LogP contribution in [0.5, 0.6) is 0 Å². The molecule has 1 N–H and O–H groups in total. The number of carbonyl (C=O) groups excluding carboxylic acids is 4. The van der Waals surface area contributed by atoms with Crippen molar-refractivity contribution in [1.29, 1.82) is 0 Å². The Morgan fingerprint density at radius 3 is 1.93 bits per heavy atom. The number of esters is 4. The fraction of sp³-hybridized carbons (Fsp3) is 0.911. The van der Waals surface area contributed by atoms with E-state index in [0.717, 1.165) is 71.1 Å². The quantitative estimate of drug-likeness (QED) is 0.135. The number of alkyl halides is 3. The Kier molecular flexibility index (Phi) is 12.6. The summed E-state index contributed by atoms with van der Waals surface area (Å²) in [6, 6.07) is 0. The molecule has 1 aliphatic heterocycles. The number of hydrogen-bond acceptors (Lipinski definition) is 9. The first-order valence-electron chi connectivity index (χ1n) is 22.0. The second-order valence-electron chi connectivity index (χ2n) is 21.1. The Bertz CT molecular complexity index is 1490. The third kappa shape index (κ3) is 9.06. The van der Waals surface area contributed by atoms with Gasteiger partial charge in [-0.2, -0.15) is 13.2 Å². The Labute approximate surface area is 337 Å². The van der Waals surface area contributed by atoms with E-state index in [2.05, 4.69) is 0 Å². The Morgan fingerprint density at radius 1 is 0.772 bits per heavy atom. The van der Waals surface area contributed by atoms with Gasteiger partial charge < -0.3 is 24.1 Å². The first-order chi connectivity index (χ1) is 26.5. The van der Waals surface area contributed by atoms with Crippen LogP contribution in [-0.4, -0.2) is 65.7 Å². The molecule has 10 unspecified atom stereocenters. The van der Waals surface area contributed by atoms with Gasteiger partial charge in [-0.25, -0.2) is 0 Å². The third-order valence-electron chi connectivity index (χ3n) is 16.0. The maximum Gasteiger partial charge on any atom is 0.416 e. The summed E-state index contributed by atoms with van der Waals surface area (Å²) in [5, 5.41) is 9.41. The van der Waals surface area contributed by atoms with Gasteiger partial charge in [0.05, 0.1) is 29.3 Å². The molecular weight excluding hydrogens is 741 g/mol. The van der Waals surface area contributed by atoms with Crippen LogP contribution in [0.25, 0.3) is 0 Å². The summed E-state index contributed by atoms with van der Waals surface area (Å²) in [4.78, 5) is 52.5. The van der Waals surface area contributed by atoms with Crippen molar-refractivity contribution in [2.24, 2.45) is 57.7 Å². The summed E-state index contributed by atoms with van der Waals surface area (Å²) in [6.07, 6.45) is 10.9. The van der Waals surface area contributed by atoms with E-state index in [1.165, 1.54) is 26.4 Å². The van der Waals surface area contributed by atoms with Gasteiger partial charge in [0.15, 0.2) is 5.60 Å². The van der Waals surface area contributed by atoms with E-state index < -0.39 is 34.1 Å². The molecule has 6 saturated carbocycles. The van der Waals surface area contributed by atoms with E-state index in [-0.39, 0.29) is 65.7 Å². The van der Waals surface area contributed by atoms with Gasteiger partial charge in [-0.1, -0.05) is 19.3 Å². The Hall–Kier alpha value is -2.37. The molecule has 7 aliphatic rings. The molecule has 9 nitrogen and oxygen atoms in total. The van der Waals surface area contributed by atoms with Gasteiger partial charge >= 0.3 is 30.1 Å². The molecule has 0 aromatic rings. The molecule has 4 bridgehead atoms. The standard InChI is InChI=1S/C34H52O8.C11H17F3O/c1-31(2,28(36)39-6)15-17-33(5,30(38)41-25-21-19-23-24(20-21)27(35)40-26(23)25)18-16-32(3,4)29(37)42-34(13-9-10-14-34)22-11-7-8-12-22;1-10(15,11(12,13)14)6-9-5-7-2-3-8(9)4-7/h21-26H,7-20H2,1-6H3;7-9,15H,2-6H2,1H3. The molecule has 0 aromatic heterocycles. The number of ether oxygens (including phenoxy) is 4. The van der Waals surface area contributed by atoms with Crippen molar-refractivity contribution in [2.75, 3.05) is 7.11 Å². The zero-order valence-electron chi connectivity index (χ0n) is 35.5. The van der Waals surface area contributed by atoms with Gasteiger partial charge in [0, 0.05) is 11.8 Å². The van der Waals surface area contributed by atoms with Gasteiger partial charge in [-0.3, -0.25) is 19.2 Å². The van der Waals surface area contributed by atoms with Crippen molar-refractivity contribution in [3.8, 4) is 0 Å². The van der Waals surface area contributed by atoms with Crippen molar-refractivity contribution in [1.82, 2.24) is 0 Å². The van der Waals surface area contributed by atoms with E-state index >= 15 is 0 Å². The van der Waals surface area contributed by atoms with E-state index in [1.54, 1.807) is 0 Å². The molecule has 7 fully saturated rings. The average Bonchev–Trinajstić information content (AvgIpc) is 4.00. The summed E-state index contributed by atoms with van der Waals surface area (Å²) >= 11 is 0. The Morgan fingerprint density at radius 2 is 1.39 bits per heavy atom. The zero-order chi connectivity index (χ0) is 41.8. The first kappa shape index (κ1) is 44.2. The van der Waals surface area contributed by atoms with Gasteiger partial charge in [-0.15, -0.1) is 0 Å². The molecule has 324 valence electrons. The van der Waals surface area contributed by atoms with Crippen LogP contribution in [0.1, 0.15) is 164 Å². The summed E-state index contributed by atoms with van der Waals surface area (Å²) in [6.45, 7) is 10.3. The second-order valence-corrected chi connectivity index (χ2v) is 21.1. The highest BCUT2D eigenvalue weighted by Gasteiger charge is 2.64. The summed E-state index contributed by atoms with van der Waals surface area (Å²) in [5.74, 6) is 0.809. The highest BCUT2D eigenvalue weighted by atomic mass is 19.4. The minimum absolute atomic E-state index is 0.0543. The number of methoxy groups -OCH3 is 1. The summed E-state index contributed by atoms with van der Waals surface area (Å²) in [7, 11) is 1.37. The van der Waals surface area contributed by atoms with Gasteiger partial charge in [-0.05, 0) is 168 Å². The van der Waals surface area contributed by atoms with Crippen molar-refractivity contribution in [3.63, 3.8) is 0 Å². The van der Waals surface area contributed by atoms with Crippen molar-refractivity contribution >= 4 is 23.9 Å². The van der Waals surface area contributed by atoms with Crippen molar-refractivity contribution in [2.45, 2.75) is 193 Å². The van der Waals surface area contributed by atoms with Gasteiger partial charge in [0.1, 0.15) is 17.8 Å². The predicted molar refractivity (Wildman–Crippen MR) is 205 cm³/mol. The van der Waals surface area contributed by atoms with Crippen LogP contribution in [-0.2, 0) is 38.1 Å². The molecule has 0 amide bonds. The minimum atomic E-state index is -4.49. The molecule has 0 aromatic carbocycles. The highest BCUT2D eigenvalue weighted by Crippen LogP contribution is 2.56. The van der Waals surface area contributed by atoms with Crippen LogP contribution in [0.2, 0.25) is 0 Å². The minimum Gasteiger partial charge on any atom is -0.469 e. The van der Waals surface area contributed by atoms with Crippen molar-refractivity contribution in [3.05, 3.63) is 0 Å².